The number of nitrogens with zero attached hydrogens (tertiary/aromatic N) is 5. The minimum atomic E-state index is -0.974. The maximum absolute atomic E-state index is 14.5. The molecule has 3 heterocycles. The third-order valence-electron chi connectivity index (χ3n) is 8.05. The van der Waals surface area contributed by atoms with Crippen LogP contribution in [0.5, 0.6) is 17.2 Å². The smallest absolute Gasteiger partial charge is 0.338 e. The van der Waals surface area contributed by atoms with Crippen molar-refractivity contribution >= 4 is 35.0 Å². The van der Waals surface area contributed by atoms with Gasteiger partial charge in [0.25, 0.3) is 5.56 Å². The van der Waals surface area contributed by atoms with Crippen molar-refractivity contribution in [1.82, 2.24) is 14.3 Å². The number of methoxy groups -OCH3 is 1. The number of fused-ring (bicyclic) bond motifs is 1. The molecule has 0 saturated carbocycles. The summed E-state index contributed by atoms with van der Waals surface area (Å²) in [6.07, 6.45) is 3.38. The number of para-hydroxylation sites is 1. The van der Waals surface area contributed by atoms with Gasteiger partial charge in [0.1, 0.15) is 5.69 Å². The van der Waals surface area contributed by atoms with Gasteiger partial charge in [-0.3, -0.25) is 24.3 Å². The molecule has 1 unspecified atom stereocenters. The van der Waals surface area contributed by atoms with Crippen LogP contribution < -0.4 is 29.1 Å². The quantitative estimate of drug-likeness (QED) is 0.0793. The lowest BCUT2D eigenvalue weighted by Crippen LogP contribution is -2.40. The minimum Gasteiger partial charge on any atom is -0.493 e. The van der Waals surface area contributed by atoms with Gasteiger partial charge in [0.05, 0.1) is 52.8 Å². The van der Waals surface area contributed by atoms with E-state index in [0.717, 1.165) is 17.0 Å². The van der Waals surface area contributed by atoms with E-state index in [0.29, 0.717) is 32.9 Å². The number of esters is 2. The van der Waals surface area contributed by atoms with Gasteiger partial charge in [0.2, 0.25) is 0 Å². The summed E-state index contributed by atoms with van der Waals surface area (Å²) in [6.45, 7) is 6.70. The van der Waals surface area contributed by atoms with Crippen molar-refractivity contribution in [3.63, 3.8) is 0 Å². The van der Waals surface area contributed by atoms with Crippen LogP contribution in [0.25, 0.3) is 23.0 Å². The highest BCUT2D eigenvalue weighted by atomic mass is 32.1. The minimum absolute atomic E-state index is 0.0966. The van der Waals surface area contributed by atoms with Gasteiger partial charge in [-0.1, -0.05) is 35.6 Å². The predicted octanol–water partition coefficient (Wildman–Crippen LogP) is 4.89. The second-order valence-electron chi connectivity index (χ2n) is 11.4. The summed E-state index contributed by atoms with van der Waals surface area (Å²) < 4.78 is 25.0. The largest absolute Gasteiger partial charge is 0.493 e. The van der Waals surface area contributed by atoms with E-state index < -0.39 is 28.5 Å². The molecule has 0 spiro atoms. The average molecular weight is 724 g/mol. The highest BCUT2D eigenvalue weighted by molar-refractivity contribution is 7.07. The van der Waals surface area contributed by atoms with Crippen LogP contribution in [0.15, 0.2) is 94.0 Å². The van der Waals surface area contributed by atoms with E-state index in [2.05, 4.69) is 4.99 Å². The van der Waals surface area contributed by atoms with E-state index in [-0.39, 0.29) is 46.3 Å². The molecule has 52 heavy (non-hydrogen) atoms. The molecule has 1 aliphatic heterocycles. The first-order valence-corrected chi connectivity index (χ1v) is 17.0. The third kappa shape index (κ3) is 6.85. The lowest BCUT2D eigenvalue weighted by Gasteiger charge is -2.25. The van der Waals surface area contributed by atoms with Crippen molar-refractivity contribution in [2.24, 2.45) is 4.99 Å². The molecule has 0 aliphatic carbocycles. The number of ether oxygens (including phenoxy) is 4. The molecule has 3 aromatic carbocycles. The second-order valence-corrected chi connectivity index (χ2v) is 12.4. The topological polar surface area (TPSA) is 166 Å². The Balaban J connectivity index is 1.57. The monoisotopic (exact) mass is 723 g/mol. The molecule has 2 aromatic heterocycles. The SMILES string of the molecule is CCOC(=O)C1=C(C)N=c2s/c(=C\c3cn(-c4ccccc4)nc3-c3ccc(OCC)c([N+](=O)[O-])c3)c(=O)n2C1c1ccc(OC(C)=O)c(OC)c1. The Kier molecular flexibility index (Phi) is 10.1. The number of nitro groups is 1. The molecule has 0 bridgehead atoms. The molecular formula is C37H33N5O9S. The summed E-state index contributed by atoms with van der Waals surface area (Å²) in [5.41, 5.74) is 2.36. The number of rotatable bonds is 11. The maximum Gasteiger partial charge on any atom is 0.338 e. The van der Waals surface area contributed by atoms with E-state index in [1.165, 1.54) is 36.8 Å². The Morgan fingerprint density at radius 3 is 2.44 bits per heavy atom. The van der Waals surface area contributed by atoms with Crippen molar-refractivity contribution in [2.75, 3.05) is 20.3 Å². The molecule has 0 N–H and O–H groups in total. The van der Waals surface area contributed by atoms with E-state index >= 15 is 0 Å². The number of nitro benzene ring substituents is 1. The maximum atomic E-state index is 14.5. The molecule has 1 atom stereocenters. The Morgan fingerprint density at radius 1 is 1.02 bits per heavy atom. The zero-order valence-corrected chi connectivity index (χ0v) is 29.6. The predicted molar refractivity (Wildman–Crippen MR) is 192 cm³/mol. The average Bonchev–Trinajstić information content (AvgIpc) is 3.68. The van der Waals surface area contributed by atoms with Crippen molar-refractivity contribution in [3.05, 3.63) is 125 Å². The van der Waals surface area contributed by atoms with Gasteiger partial charge in [0, 0.05) is 30.3 Å². The first-order chi connectivity index (χ1) is 25.0. The summed E-state index contributed by atoms with van der Waals surface area (Å²) in [4.78, 5) is 56.1. The first-order valence-electron chi connectivity index (χ1n) is 16.2. The molecule has 0 fully saturated rings. The number of hydrogen-bond donors (Lipinski definition) is 0. The fourth-order valence-electron chi connectivity index (χ4n) is 5.86. The van der Waals surface area contributed by atoms with Crippen LogP contribution in [0.1, 0.15) is 44.9 Å². The number of hydrogen-bond acceptors (Lipinski definition) is 12. The number of benzene rings is 3. The standard InChI is InChI=1S/C37H33N5O9S/c1-6-49-28-15-13-23(17-27(28)42(46)47)33-25(20-40(39-33)26-11-9-8-10-12-26)19-31-35(44)41-34(24-14-16-29(51-22(4)43)30(18-24)48-5)32(36(45)50-7-2)21(3)38-37(41)52-31/h8-20,34H,6-7H2,1-5H3/b31-19-. The fraction of sp³-hybridized carbons (Fsp3) is 0.216. The molecule has 0 radical (unpaired) electrons. The molecule has 6 rings (SSSR count). The van der Waals surface area contributed by atoms with Crippen LogP contribution in [0, 0.1) is 10.1 Å². The molecule has 1 aliphatic rings. The zero-order chi connectivity index (χ0) is 37.1. The Hall–Kier alpha value is -6.35. The molecule has 0 amide bonds. The van der Waals surface area contributed by atoms with Gasteiger partial charge in [0.15, 0.2) is 22.0 Å². The van der Waals surface area contributed by atoms with Gasteiger partial charge >= 0.3 is 17.6 Å². The summed E-state index contributed by atoms with van der Waals surface area (Å²) in [5, 5.41) is 16.8. The zero-order valence-electron chi connectivity index (χ0n) is 28.8. The molecule has 5 aromatic rings. The normalized spacial score (nSPS) is 14.0. The van der Waals surface area contributed by atoms with Crippen LogP contribution in [-0.4, -0.2) is 51.5 Å². The van der Waals surface area contributed by atoms with E-state index in [1.54, 1.807) is 55.9 Å². The number of carbonyl (C=O) groups is 2. The summed E-state index contributed by atoms with van der Waals surface area (Å²) in [5.74, 6) is -0.678. The van der Waals surface area contributed by atoms with Gasteiger partial charge < -0.3 is 18.9 Å². The lowest BCUT2D eigenvalue weighted by atomic mass is 9.95. The molecule has 14 nitrogen and oxygen atoms in total. The van der Waals surface area contributed by atoms with Gasteiger partial charge in [-0.05, 0) is 68.8 Å². The van der Waals surface area contributed by atoms with E-state index in [4.69, 9.17) is 24.0 Å². The van der Waals surface area contributed by atoms with Crippen molar-refractivity contribution in [1.29, 1.82) is 0 Å². The van der Waals surface area contributed by atoms with Crippen LogP contribution in [0.3, 0.4) is 0 Å². The highest BCUT2D eigenvalue weighted by Gasteiger charge is 2.34. The van der Waals surface area contributed by atoms with Crippen LogP contribution in [0.4, 0.5) is 5.69 Å². The Bertz CT molecular complexity index is 2430. The van der Waals surface area contributed by atoms with E-state index in [1.807, 2.05) is 30.3 Å². The summed E-state index contributed by atoms with van der Waals surface area (Å²) in [7, 11) is 1.41. The molecule has 0 saturated heterocycles. The van der Waals surface area contributed by atoms with Gasteiger partial charge in [-0.25, -0.2) is 14.5 Å². The number of carbonyl (C=O) groups excluding carboxylic acids is 2. The van der Waals surface area contributed by atoms with Crippen molar-refractivity contribution in [2.45, 2.75) is 33.7 Å². The van der Waals surface area contributed by atoms with Crippen LogP contribution >= 0.6 is 11.3 Å². The van der Waals surface area contributed by atoms with E-state index in [9.17, 15) is 24.5 Å². The molecule has 15 heteroatoms. The third-order valence-corrected chi connectivity index (χ3v) is 9.04. The van der Waals surface area contributed by atoms with Gasteiger partial charge in [-0.15, -0.1) is 0 Å². The Labute approximate surface area is 300 Å². The first kappa shape index (κ1) is 35.5. The van der Waals surface area contributed by atoms with Crippen LogP contribution in [0.2, 0.25) is 0 Å². The Morgan fingerprint density at radius 2 is 1.77 bits per heavy atom. The number of aromatic nitrogens is 3. The molecular weight excluding hydrogens is 691 g/mol. The summed E-state index contributed by atoms with van der Waals surface area (Å²) >= 11 is 1.11. The van der Waals surface area contributed by atoms with Crippen LogP contribution in [-0.2, 0) is 14.3 Å². The van der Waals surface area contributed by atoms with Gasteiger partial charge in [-0.2, -0.15) is 5.10 Å². The van der Waals surface area contributed by atoms with Crippen molar-refractivity contribution in [3.8, 4) is 34.2 Å². The number of thiazole rings is 1. The molecule has 266 valence electrons. The second kappa shape index (κ2) is 14.9. The highest BCUT2D eigenvalue weighted by Crippen LogP contribution is 2.37. The fourth-order valence-corrected chi connectivity index (χ4v) is 6.89. The number of allylic oxidation sites excluding steroid dienone is 1. The summed E-state index contributed by atoms with van der Waals surface area (Å²) in [6, 6.07) is 17.7. The van der Waals surface area contributed by atoms with Crippen molar-refractivity contribution < 1.29 is 33.5 Å². The lowest BCUT2D eigenvalue weighted by molar-refractivity contribution is -0.385.